The molecule has 2 heterocycles. The lowest BCUT2D eigenvalue weighted by Gasteiger charge is -2.40. The molecule has 2 saturated carbocycles. The molecule has 0 spiro atoms. The summed E-state index contributed by atoms with van der Waals surface area (Å²) in [7, 11) is 0. The Morgan fingerprint density at radius 3 is 2.22 bits per heavy atom. The normalized spacial score (nSPS) is 26.1. The molecule has 8 atom stereocenters. The van der Waals surface area contributed by atoms with Gasteiger partial charge in [0.1, 0.15) is 18.2 Å². The van der Waals surface area contributed by atoms with Gasteiger partial charge in [0, 0.05) is 63.6 Å². The minimum atomic E-state index is -1.53. The number of fused-ring (bicyclic) bond motifs is 1. The lowest BCUT2D eigenvalue weighted by Crippen LogP contribution is -2.53. The molecule has 4 rings (SSSR count). The fourth-order valence-electron chi connectivity index (χ4n) is 7.73. The summed E-state index contributed by atoms with van der Waals surface area (Å²) in [5.74, 6) is 0.584. The second-order valence-corrected chi connectivity index (χ2v) is 15.8. The number of hydrogen-bond donors (Lipinski definition) is 2. The minimum Gasteiger partial charge on any atom is -0.449 e. The number of piperidine rings is 1. The molecule has 51 heavy (non-hydrogen) atoms. The molecule has 2 saturated heterocycles. The van der Waals surface area contributed by atoms with Crippen LogP contribution in [-0.2, 0) is 19.1 Å². The maximum Gasteiger partial charge on any atom is 0.410 e. The number of rotatable bonds is 17. The molecule has 2 amide bonds. The quantitative estimate of drug-likeness (QED) is 0.0861. The molecule has 2 unspecified atom stereocenters. The third kappa shape index (κ3) is 12.6. The van der Waals surface area contributed by atoms with Crippen LogP contribution in [0.15, 0.2) is 36.0 Å². The van der Waals surface area contributed by atoms with Crippen LogP contribution in [-0.4, -0.2) is 119 Å². The predicted molar refractivity (Wildman–Crippen MR) is 196 cm³/mol. The molecule has 2 aliphatic heterocycles. The van der Waals surface area contributed by atoms with Gasteiger partial charge in [-0.05, 0) is 69.8 Å². The average molecular weight is 714 g/mol. The number of hydrogen-bond acceptors (Lipinski definition) is 9. The average Bonchev–Trinajstić information content (AvgIpc) is 3.81. The van der Waals surface area contributed by atoms with E-state index in [0.717, 1.165) is 38.0 Å². The minimum absolute atomic E-state index is 0.00431. The number of nitrogens with zero attached hydrogens (tertiary/aromatic N) is 3. The fraction of sp³-hybridized carbons (Fsp3) is 0.750. The van der Waals surface area contributed by atoms with Crippen molar-refractivity contribution in [3.63, 3.8) is 0 Å². The van der Waals surface area contributed by atoms with E-state index in [4.69, 9.17) is 9.47 Å². The van der Waals surface area contributed by atoms with Crippen molar-refractivity contribution in [3.05, 3.63) is 36.0 Å². The Bertz CT molecular complexity index is 1220. The van der Waals surface area contributed by atoms with Crippen molar-refractivity contribution in [2.45, 2.75) is 116 Å². The highest BCUT2D eigenvalue weighted by molar-refractivity contribution is 5.69. The highest BCUT2D eigenvalue weighted by atomic mass is 16.6. The van der Waals surface area contributed by atoms with E-state index in [0.29, 0.717) is 37.3 Å². The molecule has 2 aliphatic carbocycles. The molecule has 11 heteroatoms. The van der Waals surface area contributed by atoms with Crippen LogP contribution in [0.5, 0.6) is 0 Å². The number of carbonyl (C=O) groups excluding carboxylic acids is 4. The lowest BCUT2D eigenvalue weighted by molar-refractivity contribution is -0.111. The highest BCUT2D eigenvalue weighted by Gasteiger charge is 2.47. The van der Waals surface area contributed by atoms with Crippen LogP contribution in [0, 0.1) is 29.6 Å². The van der Waals surface area contributed by atoms with E-state index in [1.54, 1.807) is 28.9 Å². The first kappa shape index (κ1) is 40.7. The molecule has 4 fully saturated rings. The molecule has 0 bridgehead atoms. The summed E-state index contributed by atoms with van der Waals surface area (Å²) >= 11 is 0. The van der Waals surface area contributed by atoms with E-state index in [-0.39, 0.29) is 43.8 Å². The Labute approximate surface area is 305 Å². The fourth-order valence-corrected chi connectivity index (χ4v) is 7.73. The van der Waals surface area contributed by atoms with Crippen molar-refractivity contribution < 1.29 is 38.9 Å². The van der Waals surface area contributed by atoms with Crippen LogP contribution in [0.3, 0.4) is 0 Å². The smallest absolute Gasteiger partial charge is 0.410 e. The third-order valence-corrected chi connectivity index (χ3v) is 11.4. The van der Waals surface area contributed by atoms with Crippen molar-refractivity contribution >= 4 is 24.8 Å². The van der Waals surface area contributed by atoms with Crippen molar-refractivity contribution in [2.75, 3.05) is 45.9 Å². The van der Waals surface area contributed by atoms with Gasteiger partial charge in [-0.25, -0.2) is 9.59 Å². The van der Waals surface area contributed by atoms with Crippen LogP contribution in [0.1, 0.15) is 91.9 Å². The molecule has 286 valence electrons. The van der Waals surface area contributed by atoms with Gasteiger partial charge in [0.05, 0.1) is 12.7 Å². The van der Waals surface area contributed by atoms with Gasteiger partial charge in [-0.3, -0.25) is 4.90 Å². The summed E-state index contributed by atoms with van der Waals surface area (Å²) in [5, 5.41) is 21.7. The number of carbonyl (C=O) groups is 4. The van der Waals surface area contributed by atoms with Crippen LogP contribution >= 0.6 is 0 Å². The van der Waals surface area contributed by atoms with E-state index in [2.05, 4.69) is 4.90 Å². The summed E-state index contributed by atoms with van der Waals surface area (Å²) in [4.78, 5) is 55.0. The molecule has 2 N–H and O–H groups in total. The number of piperazine rings is 1. The Kier molecular flexibility index (Phi) is 15.8. The van der Waals surface area contributed by atoms with Crippen LogP contribution < -0.4 is 0 Å². The zero-order valence-corrected chi connectivity index (χ0v) is 31.4. The summed E-state index contributed by atoms with van der Waals surface area (Å²) in [5.41, 5.74) is -0.695. The molecule has 0 aromatic heterocycles. The van der Waals surface area contributed by atoms with Crippen molar-refractivity contribution in [1.29, 1.82) is 0 Å². The van der Waals surface area contributed by atoms with Gasteiger partial charge < -0.3 is 39.1 Å². The van der Waals surface area contributed by atoms with Crippen LogP contribution in [0.4, 0.5) is 9.59 Å². The monoisotopic (exact) mass is 713 g/mol. The van der Waals surface area contributed by atoms with Crippen LogP contribution in [0.2, 0.25) is 0 Å². The number of aliphatic hydroxyl groups is 2. The number of aldehydes is 2. The first-order valence-corrected chi connectivity index (χ1v) is 19.4. The number of aliphatic hydroxyl groups excluding tert-OH is 1. The predicted octanol–water partition coefficient (Wildman–Crippen LogP) is 5.55. The van der Waals surface area contributed by atoms with E-state index in [9.17, 15) is 29.4 Å². The van der Waals surface area contributed by atoms with Crippen molar-refractivity contribution in [3.8, 4) is 0 Å². The van der Waals surface area contributed by atoms with Gasteiger partial charge in [0.25, 0.3) is 0 Å². The maximum atomic E-state index is 13.5. The molecule has 0 aromatic carbocycles. The highest BCUT2D eigenvalue weighted by Crippen LogP contribution is 2.45. The first-order valence-electron chi connectivity index (χ1n) is 19.4. The van der Waals surface area contributed by atoms with E-state index >= 15 is 0 Å². The van der Waals surface area contributed by atoms with E-state index < -0.39 is 29.8 Å². The van der Waals surface area contributed by atoms with Gasteiger partial charge >= 0.3 is 12.2 Å². The number of likely N-dealkylation sites (tertiary alicyclic amines) is 1. The third-order valence-electron chi connectivity index (χ3n) is 11.4. The number of ether oxygens (including phenoxy) is 2. The zero-order valence-electron chi connectivity index (χ0n) is 31.4. The Balaban J connectivity index is 1.34. The number of allylic oxidation sites excluding steroid dienone is 4. The van der Waals surface area contributed by atoms with Gasteiger partial charge in [0.15, 0.2) is 6.10 Å². The second-order valence-electron chi connectivity index (χ2n) is 15.8. The molecular formula is C40H63N3O8. The molecule has 0 radical (unpaired) electrons. The van der Waals surface area contributed by atoms with Gasteiger partial charge in [-0.2, -0.15) is 0 Å². The van der Waals surface area contributed by atoms with Gasteiger partial charge in [-0.1, -0.05) is 69.4 Å². The molecule has 4 aliphatic rings. The topological polar surface area (TPSA) is 137 Å². The van der Waals surface area contributed by atoms with Gasteiger partial charge in [-0.15, -0.1) is 0 Å². The lowest BCUT2D eigenvalue weighted by atomic mass is 9.86. The Morgan fingerprint density at radius 1 is 0.922 bits per heavy atom. The maximum absolute atomic E-state index is 13.5. The van der Waals surface area contributed by atoms with Crippen molar-refractivity contribution in [2.24, 2.45) is 29.6 Å². The Morgan fingerprint density at radius 2 is 1.59 bits per heavy atom. The largest absolute Gasteiger partial charge is 0.449 e. The first-order chi connectivity index (χ1) is 24.4. The SMILES string of the molecule is C/C(=C\C=C\[C@@H](C)COC(=O)N1CC2CC2C1)[C@@H](C=O)[C@@H](C)/C=C/[C@H](OC(=O)N1CCN(C2CCCCCC2)CC1)[C@@](C)(O)CC[C@H](O)CC=O. The van der Waals surface area contributed by atoms with Gasteiger partial charge in [0.2, 0.25) is 0 Å². The number of amides is 2. The van der Waals surface area contributed by atoms with E-state index in [1.165, 1.54) is 44.9 Å². The molecule has 11 nitrogen and oxygen atoms in total. The Hall–Kier alpha value is -3.02. The summed E-state index contributed by atoms with van der Waals surface area (Å²) in [6, 6.07) is 0.568. The summed E-state index contributed by atoms with van der Waals surface area (Å²) in [6.07, 6.45) is 16.9. The summed E-state index contributed by atoms with van der Waals surface area (Å²) < 4.78 is 11.5. The standard InChI is InChI=1S/C40H63N3O8/c1-29(28-50-38(47)43-25-32-24-33(32)26-43)10-9-11-30(2)36(27-45)31(3)14-15-37(40(4,49)18-16-35(46)17-23-44)51-39(48)42-21-19-41(20-22-42)34-12-7-5-6-8-13-34/h9-11,14-15,23,27,29,31-37,46,49H,5-8,12-13,16-22,24-26,28H2,1-4H3/b10-9+,15-14+,30-11+/t29-,31+,32?,33?,35+,36-,37+,40+/m1/s1. The van der Waals surface area contributed by atoms with E-state index in [1.807, 2.05) is 39.0 Å². The molecule has 0 aromatic rings. The zero-order chi connectivity index (χ0) is 37.0. The van der Waals surface area contributed by atoms with Crippen molar-refractivity contribution in [1.82, 2.24) is 14.7 Å². The summed E-state index contributed by atoms with van der Waals surface area (Å²) in [6.45, 7) is 11.9. The second kappa shape index (κ2) is 19.7. The van der Waals surface area contributed by atoms with Crippen LogP contribution in [0.25, 0.3) is 0 Å². The molecular weight excluding hydrogens is 650 g/mol.